The Labute approximate surface area is 179 Å². The summed E-state index contributed by atoms with van der Waals surface area (Å²) in [5.74, 6) is 0. The van der Waals surface area contributed by atoms with E-state index in [1.165, 1.54) is 11.1 Å². The van der Waals surface area contributed by atoms with Crippen molar-refractivity contribution in [2.75, 3.05) is 0 Å². The van der Waals surface area contributed by atoms with Crippen molar-refractivity contribution in [1.29, 1.82) is 0 Å². The van der Waals surface area contributed by atoms with Crippen molar-refractivity contribution in [3.63, 3.8) is 0 Å². The van der Waals surface area contributed by atoms with Gasteiger partial charge in [0.05, 0.1) is 0 Å². The molecule has 2 aromatic carbocycles. The maximum atomic E-state index is 14.5. The Morgan fingerprint density at radius 2 is 1.17 bits per heavy atom. The molecule has 2 N–H and O–H groups in total. The number of nitrogens with zero attached hydrogens (tertiary/aromatic N) is 1. The minimum Gasteiger partial charge on any atom is -0.325 e. The third-order valence-electron chi connectivity index (χ3n) is 6.02. The van der Waals surface area contributed by atoms with E-state index in [2.05, 4.69) is 29.2 Å². The van der Waals surface area contributed by atoms with Gasteiger partial charge in [-0.3, -0.25) is 4.90 Å². The highest BCUT2D eigenvalue weighted by Gasteiger charge is 2.50. The summed E-state index contributed by atoms with van der Waals surface area (Å²) in [6.45, 7) is 5.33. The van der Waals surface area contributed by atoms with Crippen LogP contribution < -0.4 is 5.73 Å². The largest absolute Gasteiger partial charge is 0.325 e. The summed E-state index contributed by atoms with van der Waals surface area (Å²) in [4.78, 5) is 2.26. The number of hydrogen-bond donors (Lipinski definition) is 1. The van der Waals surface area contributed by atoms with Crippen LogP contribution in [0.3, 0.4) is 0 Å². The summed E-state index contributed by atoms with van der Waals surface area (Å²) in [6.07, 6.45) is 2.75. The second kappa shape index (κ2) is 10.0. The van der Waals surface area contributed by atoms with Crippen molar-refractivity contribution < 1.29 is 8.78 Å². The molecule has 0 aliphatic heterocycles. The zero-order chi connectivity index (χ0) is 20.2. The van der Waals surface area contributed by atoms with Gasteiger partial charge < -0.3 is 5.73 Å². The number of benzene rings is 2. The normalized spacial score (nSPS) is 19.9. The molecule has 0 bridgehead atoms. The van der Waals surface area contributed by atoms with Crippen LogP contribution >= 0.6 is 12.4 Å². The summed E-state index contributed by atoms with van der Waals surface area (Å²) >= 11 is 0. The third-order valence-corrected chi connectivity index (χ3v) is 6.02. The fraction of sp³-hybridized carbons (Fsp3) is 0.500. The highest BCUT2D eigenvalue weighted by Crippen LogP contribution is 2.45. The van der Waals surface area contributed by atoms with E-state index in [-0.39, 0.29) is 24.5 Å². The molecule has 29 heavy (non-hydrogen) atoms. The van der Waals surface area contributed by atoms with Gasteiger partial charge in [-0.05, 0) is 50.7 Å². The smallest absolute Gasteiger partial charge is 0.126 e. The van der Waals surface area contributed by atoms with E-state index >= 15 is 0 Å². The Balaban J connectivity index is 0.000000319. The third kappa shape index (κ3) is 6.77. The van der Waals surface area contributed by atoms with Crippen molar-refractivity contribution in [3.8, 4) is 0 Å². The summed E-state index contributed by atoms with van der Waals surface area (Å²) in [7, 11) is 0. The molecular weight excluding hydrogens is 390 g/mol. The molecule has 0 amide bonds. The molecule has 5 heteroatoms. The van der Waals surface area contributed by atoms with Crippen LogP contribution in [0.2, 0.25) is 0 Å². The molecule has 2 fully saturated rings. The predicted molar refractivity (Wildman–Crippen MR) is 119 cm³/mol. The average molecular weight is 423 g/mol. The van der Waals surface area contributed by atoms with Crippen LogP contribution in [0.5, 0.6) is 0 Å². The van der Waals surface area contributed by atoms with Gasteiger partial charge in [0.1, 0.15) is 11.3 Å². The molecule has 2 aromatic rings. The number of hydrogen-bond acceptors (Lipinski definition) is 2. The fourth-order valence-corrected chi connectivity index (χ4v) is 3.40. The Morgan fingerprint density at radius 3 is 1.45 bits per heavy atom. The molecule has 2 saturated carbocycles. The van der Waals surface area contributed by atoms with E-state index in [1.807, 2.05) is 43.3 Å². The van der Waals surface area contributed by atoms with E-state index < -0.39 is 11.3 Å². The molecule has 4 rings (SSSR count). The van der Waals surface area contributed by atoms with E-state index in [4.69, 9.17) is 5.73 Å². The van der Waals surface area contributed by atoms with Crippen LogP contribution in [0, 0.1) is 0 Å². The summed E-state index contributed by atoms with van der Waals surface area (Å²) in [5, 5.41) is 0. The van der Waals surface area contributed by atoms with E-state index in [9.17, 15) is 8.78 Å². The topological polar surface area (TPSA) is 29.3 Å². The minimum absolute atomic E-state index is 0. The molecular formula is C24H33ClF2N2. The van der Waals surface area contributed by atoms with Gasteiger partial charge >= 0.3 is 0 Å². The first kappa shape index (κ1) is 23.8. The Hall–Kier alpha value is -1.49. The van der Waals surface area contributed by atoms with Gasteiger partial charge in [-0.2, -0.15) is 0 Å². The fourth-order valence-electron chi connectivity index (χ4n) is 3.40. The molecule has 2 atom stereocenters. The first-order valence-corrected chi connectivity index (χ1v) is 10.3. The first-order valence-electron chi connectivity index (χ1n) is 10.3. The molecule has 2 nitrogen and oxygen atoms in total. The second-order valence-corrected chi connectivity index (χ2v) is 8.41. The molecule has 0 unspecified atom stereocenters. The first-order chi connectivity index (χ1) is 13.3. The Morgan fingerprint density at radius 1 is 0.793 bits per heavy atom. The van der Waals surface area contributed by atoms with Gasteiger partial charge in [-0.25, -0.2) is 8.78 Å². The lowest BCUT2D eigenvalue weighted by atomic mass is 10.1. The second-order valence-electron chi connectivity index (χ2n) is 8.41. The summed E-state index contributed by atoms with van der Waals surface area (Å²) in [5.41, 5.74) is 5.78. The molecule has 0 aromatic heterocycles. The van der Waals surface area contributed by atoms with Crippen LogP contribution in [0.25, 0.3) is 0 Å². The zero-order valence-corrected chi connectivity index (χ0v) is 18.2. The molecule has 2 aliphatic carbocycles. The zero-order valence-electron chi connectivity index (χ0n) is 17.4. The standard InChI is InChI=1S/C19H22FN.C5H10FN.ClH/c1-16(19(20)12-13-19)21(14-17-8-4-2-5-9-17)15-18-10-6-3-7-11-18;1-4(7)5(6)2-3-5;/h2-11,16H,12-15H2,1H3;4H,2-3,7H2,1H3;1H/t16-;4-;/m11./s1. The van der Waals surface area contributed by atoms with E-state index in [1.54, 1.807) is 6.92 Å². The predicted octanol–water partition coefficient (Wildman–Crippen LogP) is 5.84. The highest BCUT2D eigenvalue weighted by atomic mass is 35.5. The van der Waals surface area contributed by atoms with Gasteiger partial charge in [0.2, 0.25) is 0 Å². The van der Waals surface area contributed by atoms with Crippen LogP contribution in [0.15, 0.2) is 60.7 Å². The molecule has 0 saturated heterocycles. The SMILES string of the molecule is C[C@@H](N(Cc1ccccc1)Cc1ccccc1)C1(F)CC1.C[C@@H](N)C1(F)CC1.Cl. The monoisotopic (exact) mass is 422 g/mol. The number of alkyl halides is 2. The molecule has 0 radical (unpaired) electrons. The van der Waals surface area contributed by atoms with Crippen molar-refractivity contribution in [2.45, 2.75) is 76.0 Å². The number of nitrogens with two attached hydrogens (primary N) is 1. The molecule has 160 valence electrons. The number of rotatable bonds is 7. The molecule has 0 heterocycles. The molecule has 0 spiro atoms. The van der Waals surface area contributed by atoms with Crippen molar-refractivity contribution in [3.05, 3.63) is 71.8 Å². The maximum absolute atomic E-state index is 14.5. The lowest BCUT2D eigenvalue weighted by Gasteiger charge is -2.31. The Bertz CT molecular complexity index is 690. The lowest BCUT2D eigenvalue weighted by Crippen LogP contribution is -2.40. The summed E-state index contributed by atoms with van der Waals surface area (Å²) in [6, 6.07) is 20.4. The maximum Gasteiger partial charge on any atom is 0.126 e. The van der Waals surface area contributed by atoms with E-state index in [0.29, 0.717) is 25.7 Å². The number of halogens is 3. The van der Waals surface area contributed by atoms with Gasteiger partial charge in [0, 0.05) is 25.2 Å². The summed E-state index contributed by atoms with van der Waals surface area (Å²) < 4.78 is 27.0. The lowest BCUT2D eigenvalue weighted by molar-refractivity contribution is 0.0932. The van der Waals surface area contributed by atoms with Gasteiger partial charge in [-0.15, -0.1) is 12.4 Å². The minimum atomic E-state index is -0.983. The van der Waals surface area contributed by atoms with Crippen LogP contribution in [0.1, 0.15) is 50.7 Å². The van der Waals surface area contributed by atoms with Gasteiger partial charge in [0.25, 0.3) is 0 Å². The van der Waals surface area contributed by atoms with Crippen molar-refractivity contribution >= 4 is 12.4 Å². The van der Waals surface area contributed by atoms with Gasteiger partial charge in [-0.1, -0.05) is 60.7 Å². The van der Waals surface area contributed by atoms with Gasteiger partial charge in [0.15, 0.2) is 0 Å². The van der Waals surface area contributed by atoms with Crippen LogP contribution in [-0.4, -0.2) is 28.3 Å². The average Bonchev–Trinajstić information content (AvgIpc) is 3.62. The van der Waals surface area contributed by atoms with Crippen LogP contribution in [-0.2, 0) is 13.1 Å². The highest BCUT2D eigenvalue weighted by molar-refractivity contribution is 5.85. The van der Waals surface area contributed by atoms with E-state index in [0.717, 1.165) is 13.1 Å². The quantitative estimate of drug-likeness (QED) is 0.607. The Kier molecular flexibility index (Phi) is 8.21. The van der Waals surface area contributed by atoms with Crippen molar-refractivity contribution in [1.82, 2.24) is 4.90 Å². The van der Waals surface area contributed by atoms with Crippen LogP contribution in [0.4, 0.5) is 8.78 Å². The molecule has 2 aliphatic rings. The van der Waals surface area contributed by atoms with Crippen molar-refractivity contribution in [2.24, 2.45) is 5.73 Å².